The number of carbonyl (C=O) groups is 2. The predicted octanol–water partition coefficient (Wildman–Crippen LogP) is 5.04. The minimum Gasteiger partial charge on any atom is -0.489 e. The van der Waals surface area contributed by atoms with Crippen LogP contribution in [0.15, 0.2) is 27.4 Å². The van der Waals surface area contributed by atoms with Crippen molar-refractivity contribution >= 4 is 40.0 Å². The molecular formula is C27H26O8. The molecular weight excluding hydrogens is 452 g/mol. The first-order valence-electron chi connectivity index (χ1n) is 11.4. The van der Waals surface area contributed by atoms with E-state index in [0.29, 0.717) is 22.6 Å². The van der Waals surface area contributed by atoms with Crippen molar-refractivity contribution < 1.29 is 33.0 Å². The third kappa shape index (κ3) is 3.47. The smallest absolute Gasteiger partial charge is 0.308 e. The van der Waals surface area contributed by atoms with Crippen molar-refractivity contribution in [2.24, 2.45) is 0 Å². The topological polar surface area (TPSA) is 101 Å². The molecule has 1 atom stereocenters. The largest absolute Gasteiger partial charge is 0.489 e. The third-order valence-corrected chi connectivity index (χ3v) is 6.60. The normalized spacial score (nSPS) is 19.0. The van der Waals surface area contributed by atoms with Gasteiger partial charge in [0.1, 0.15) is 28.4 Å². The summed E-state index contributed by atoms with van der Waals surface area (Å²) in [6.45, 7) is 12.1. The Kier molecular flexibility index (Phi) is 4.82. The van der Waals surface area contributed by atoms with E-state index in [0.717, 1.165) is 0 Å². The average Bonchev–Trinajstić information content (AvgIpc) is 2.96. The van der Waals surface area contributed by atoms with Crippen LogP contribution in [-0.4, -0.2) is 23.6 Å². The summed E-state index contributed by atoms with van der Waals surface area (Å²) in [5.74, 6) is -0.262. The Morgan fingerprint density at radius 3 is 2.31 bits per heavy atom. The first-order chi connectivity index (χ1) is 16.3. The van der Waals surface area contributed by atoms with Crippen molar-refractivity contribution in [1.29, 1.82) is 0 Å². The van der Waals surface area contributed by atoms with Crippen LogP contribution in [0.5, 0.6) is 23.0 Å². The van der Waals surface area contributed by atoms with Gasteiger partial charge in [-0.1, -0.05) is 19.9 Å². The lowest BCUT2D eigenvalue weighted by Crippen LogP contribution is -2.29. The first-order valence-corrected chi connectivity index (χ1v) is 11.4. The fraction of sp³-hybridized carbons (Fsp3) is 0.370. The number of hydrogen-bond donors (Lipinski definition) is 0. The molecule has 1 aromatic heterocycles. The highest BCUT2D eigenvalue weighted by Crippen LogP contribution is 2.51. The van der Waals surface area contributed by atoms with Crippen molar-refractivity contribution in [2.45, 2.75) is 65.6 Å². The maximum absolute atomic E-state index is 13.9. The second kappa shape index (κ2) is 7.34. The second-order valence-electron chi connectivity index (χ2n) is 10.1. The van der Waals surface area contributed by atoms with Gasteiger partial charge in [-0.2, -0.15) is 0 Å². The molecule has 2 aromatic carbocycles. The van der Waals surface area contributed by atoms with Gasteiger partial charge >= 0.3 is 11.9 Å². The number of hydrogen-bond acceptors (Lipinski definition) is 8. The van der Waals surface area contributed by atoms with Gasteiger partial charge in [0.15, 0.2) is 17.1 Å². The van der Waals surface area contributed by atoms with E-state index in [9.17, 15) is 14.4 Å². The molecule has 3 aromatic rings. The molecule has 0 fully saturated rings. The Labute approximate surface area is 201 Å². The van der Waals surface area contributed by atoms with E-state index in [2.05, 4.69) is 0 Å². The van der Waals surface area contributed by atoms with Crippen LogP contribution in [0.4, 0.5) is 0 Å². The molecule has 2 aliphatic rings. The standard InChI is InChI=1S/C27H26O8/c1-12-27(6,7)20-18(31-12)11-17-19(24(20)32-13(2)28)21(30)16-10-15-8-9-26(4,5)35-22(15)25(23(16)34-17)33-14(3)29/h8-12H,1-7H3. The molecule has 35 heavy (non-hydrogen) atoms. The van der Waals surface area contributed by atoms with Gasteiger partial charge in [0, 0.05) is 36.5 Å². The first kappa shape index (κ1) is 23.0. The highest BCUT2D eigenvalue weighted by Gasteiger charge is 2.43. The maximum atomic E-state index is 13.9. The number of esters is 2. The zero-order chi connectivity index (χ0) is 25.4. The predicted molar refractivity (Wildman–Crippen MR) is 129 cm³/mol. The van der Waals surface area contributed by atoms with Crippen LogP contribution in [0, 0.1) is 0 Å². The summed E-state index contributed by atoms with van der Waals surface area (Å²) in [5.41, 5.74) is -0.231. The molecule has 0 bridgehead atoms. The van der Waals surface area contributed by atoms with E-state index < -0.39 is 28.4 Å². The monoisotopic (exact) mass is 478 g/mol. The zero-order valence-electron chi connectivity index (χ0n) is 20.7. The van der Waals surface area contributed by atoms with Crippen LogP contribution >= 0.6 is 0 Å². The molecule has 5 rings (SSSR count). The van der Waals surface area contributed by atoms with Gasteiger partial charge in [0.25, 0.3) is 0 Å². The highest BCUT2D eigenvalue weighted by atomic mass is 16.6. The fourth-order valence-electron chi connectivity index (χ4n) is 4.61. The maximum Gasteiger partial charge on any atom is 0.308 e. The van der Waals surface area contributed by atoms with E-state index in [1.165, 1.54) is 13.8 Å². The van der Waals surface area contributed by atoms with Crippen LogP contribution in [0.25, 0.3) is 28.0 Å². The lowest BCUT2D eigenvalue weighted by Gasteiger charge is -2.29. The van der Waals surface area contributed by atoms with E-state index in [4.69, 9.17) is 23.4 Å². The van der Waals surface area contributed by atoms with Crippen LogP contribution < -0.4 is 24.4 Å². The minimum atomic E-state index is -0.661. The Morgan fingerprint density at radius 1 is 1.00 bits per heavy atom. The number of carbonyl (C=O) groups excluding carboxylic acids is 2. The lowest BCUT2D eigenvalue weighted by atomic mass is 9.80. The van der Waals surface area contributed by atoms with E-state index >= 15 is 0 Å². The summed E-state index contributed by atoms with van der Waals surface area (Å²) in [7, 11) is 0. The molecule has 0 spiro atoms. The summed E-state index contributed by atoms with van der Waals surface area (Å²) in [6, 6.07) is 3.25. The van der Waals surface area contributed by atoms with Gasteiger partial charge in [-0.05, 0) is 32.9 Å². The van der Waals surface area contributed by atoms with Crippen LogP contribution in [0.3, 0.4) is 0 Å². The lowest BCUT2D eigenvalue weighted by molar-refractivity contribution is -0.132. The van der Waals surface area contributed by atoms with Crippen molar-refractivity contribution in [3.8, 4) is 23.0 Å². The summed E-state index contributed by atoms with van der Waals surface area (Å²) in [5, 5.41) is 0.283. The molecule has 3 heterocycles. The van der Waals surface area contributed by atoms with Gasteiger partial charge in [0.2, 0.25) is 11.2 Å². The van der Waals surface area contributed by atoms with Gasteiger partial charge < -0.3 is 23.4 Å². The molecule has 0 saturated heterocycles. The molecule has 0 saturated carbocycles. The van der Waals surface area contributed by atoms with E-state index in [1.54, 1.807) is 12.1 Å². The molecule has 8 heteroatoms. The Bertz CT molecular complexity index is 1540. The van der Waals surface area contributed by atoms with E-state index in [1.807, 2.05) is 46.8 Å². The van der Waals surface area contributed by atoms with Gasteiger partial charge in [0.05, 0.1) is 5.39 Å². The molecule has 0 amide bonds. The molecule has 0 N–H and O–H groups in total. The van der Waals surface area contributed by atoms with Crippen molar-refractivity contribution in [3.05, 3.63) is 39.6 Å². The summed E-state index contributed by atoms with van der Waals surface area (Å²) in [4.78, 5) is 38.0. The van der Waals surface area contributed by atoms with Crippen LogP contribution in [0.2, 0.25) is 0 Å². The summed E-state index contributed by atoms with van der Waals surface area (Å²) < 4.78 is 29.4. The van der Waals surface area contributed by atoms with Crippen molar-refractivity contribution in [3.63, 3.8) is 0 Å². The third-order valence-electron chi connectivity index (χ3n) is 6.60. The zero-order valence-corrected chi connectivity index (χ0v) is 20.7. The number of rotatable bonds is 2. The fourth-order valence-corrected chi connectivity index (χ4v) is 4.61. The number of benzene rings is 2. The van der Waals surface area contributed by atoms with Crippen molar-refractivity contribution in [2.75, 3.05) is 0 Å². The second-order valence-corrected chi connectivity index (χ2v) is 10.1. The Balaban J connectivity index is 1.94. The van der Waals surface area contributed by atoms with Crippen LogP contribution in [0.1, 0.15) is 59.6 Å². The quantitative estimate of drug-likeness (QED) is 0.287. The summed E-state index contributed by atoms with van der Waals surface area (Å²) in [6.07, 6.45) is 3.42. The Morgan fingerprint density at radius 2 is 1.66 bits per heavy atom. The Hall–Kier alpha value is -3.81. The molecule has 0 aliphatic carbocycles. The highest BCUT2D eigenvalue weighted by molar-refractivity contribution is 6.01. The van der Waals surface area contributed by atoms with Gasteiger partial charge in [-0.3, -0.25) is 14.4 Å². The molecule has 2 aliphatic heterocycles. The molecule has 1 unspecified atom stereocenters. The van der Waals surface area contributed by atoms with Gasteiger partial charge in [-0.15, -0.1) is 0 Å². The van der Waals surface area contributed by atoms with Crippen LogP contribution in [-0.2, 0) is 15.0 Å². The molecule has 8 nitrogen and oxygen atoms in total. The molecule has 0 radical (unpaired) electrons. The number of fused-ring (bicyclic) bond motifs is 4. The average molecular weight is 478 g/mol. The number of ether oxygens (including phenoxy) is 4. The van der Waals surface area contributed by atoms with Crippen molar-refractivity contribution in [1.82, 2.24) is 0 Å². The SMILES string of the molecule is CC(=O)Oc1c2c(cc3c(=O)c4c(OC(C)=O)c5c(cc4oc13)OC(C)C5(C)C)C=CC(C)(C)O2. The van der Waals surface area contributed by atoms with E-state index in [-0.39, 0.29) is 39.5 Å². The minimum absolute atomic E-state index is 0.0191. The molecule has 182 valence electrons. The van der Waals surface area contributed by atoms with Gasteiger partial charge in [-0.25, -0.2) is 0 Å². The summed E-state index contributed by atoms with van der Waals surface area (Å²) >= 11 is 0.